The monoisotopic (exact) mass is 348 g/mol. The molecule has 120 valence electrons. The van der Waals surface area contributed by atoms with E-state index in [1.54, 1.807) is 6.08 Å². The number of carbonyl (C=O) groups excluding carboxylic acids is 1. The Morgan fingerprint density at radius 2 is 2.17 bits per heavy atom. The molecule has 3 rings (SSSR count). The standard InChI is InChI=1S/C15H16N4O2S2/c1-2-19-13(20)11(23-15(19)22)8-12-17-10(9-16)14(21-12)18-6-4-3-5-7-18/h8H,2-7H2,1H3/b11-8+. The number of aromatic nitrogens is 1. The van der Waals surface area contributed by atoms with Crippen LogP contribution in [0.25, 0.3) is 6.08 Å². The van der Waals surface area contributed by atoms with Crippen LogP contribution in [0.2, 0.25) is 0 Å². The number of carbonyl (C=O) groups is 1. The molecule has 8 heteroatoms. The molecule has 6 nitrogen and oxygen atoms in total. The van der Waals surface area contributed by atoms with E-state index < -0.39 is 0 Å². The summed E-state index contributed by atoms with van der Waals surface area (Å²) in [7, 11) is 0. The normalized spacial score (nSPS) is 20.4. The van der Waals surface area contributed by atoms with Gasteiger partial charge in [0, 0.05) is 25.7 Å². The third-order valence-electron chi connectivity index (χ3n) is 3.82. The Kier molecular flexibility index (Phi) is 4.68. The Morgan fingerprint density at radius 3 is 2.78 bits per heavy atom. The average Bonchev–Trinajstić information content (AvgIpc) is 3.09. The summed E-state index contributed by atoms with van der Waals surface area (Å²) in [6.07, 6.45) is 4.92. The Morgan fingerprint density at radius 1 is 1.43 bits per heavy atom. The second-order valence-corrected chi connectivity index (χ2v) is 6.97. The molecule has 0 aliphatic carbocycles. The Bertz CT molecular complexity index is 714. The molecule has 0 spiro atoms. The van der Waals surface area contributed by atoms with Crippen molar-refractivity contribution in [3.63, 3.8) is 0 Å². The number of thioether (sulfide) groups is 1. The van der Waals surface area contributed by atoms with Crippen molar-refractivity contribution >= 4 is 46.2 Å². The molecule has 0 bridgehead atoms. The topological polar surface area (TPSA) is 73.4 Å². The van der Waals surface area contributed by atoms with Gasteiger partial charge < -0.3 is 9.32 Å². The van der Waals surface area contributed by atoms with Gasteiger partial charge in [0.15, 0.2) is 0 Å². The highest BCUT2D eigenvalue weighted by Gasteiger charge is 2.31. The molecule has 0 atom stereocenters. The molecular formula is C15H16N4O2S2. The SMILES string of the molecule is CCN1C(=O)/C(=C\c2nc(C#N)c(N3CCCCC3)o2)SC1=S. The maximum Gasteiger partial charge on any atom is 0.266 e. The molecule has 1 amide bonds. The molecule has 1 aromatic heterocycles. The minimum absolute atomic E-state index is 0.140. The van der Waals surface area contributed by atoms with E-state index in [1.807, 2.05) is 11.8 Å². The highest BCUT2D eigenvalue weighted by atomic mass is 32.2. The smallest absolute Gasteiger partial charge is 0.266 e. The predicted molar refractivity (Wildman–Crippen MR) is 92.8 cm³/mol. The zero-order valence-corrected chi connectivity index (χ0v) is 14.4. The van der Waals surface area contributed by atoms with Crippen LogP contribution in [-0.2, 0) is 4.79 Å². The number of likely N-dealkylation sites (N-methyl/N-ethyl adjacent to an activating group) is 1. The molecule has 0 N–H and O–H groups in total. The van der Waals surface area contributed by atoms with Gasteiger partial charge in [-0.3, -0.25) is 9.69 Å². The fraction of sp³-hybridized carbons (Fsp3) is 0.467. The number of hydrogen-bond donors (Lipinski definition) is 0. The van der Waals surface area contributed by atoms with Crippen LogP contribution < -0.4 is 4.90 Å². The fourth-order valence-electron chi connectivity index (χ4n) is 2.66. The molecule has 3 heterocycles. The first-order valence-corrected chi connectivity index (χ1v) is 8.77. The third-order valence-corrected chi connectivity index (χ3v) is 5.20. The van der Waals surface area contributed by atoms with Gasteiger partial charge in [0.1, 0.15) is 10.4 Å². The summed E-state index contributed by atoms with van der Waals surface area (Å²) in [5.74, 6) is 0.641. The number of hydrogen-bond acceptors (Lipinski definition) is 7. The summed E-state index contributed by atoms with van der Waals surface area (Å²) in [5, 5.41) is 9.28. The minimum atomic E-state index is -0.140. The van der Waals surface area contributed by atoms with Crippen LogP contribution in [0.5, 0.6) is 0 Å². The summed E-state index contributed by atoms with van der Waals surface area (Å²) < 4.78 is 6.28. The summed E-state index contributed by atoms with van der Waals surface area (Å²) in [4.78, 5) is 20.5. The fourth-order valence-corrected chi connectivity index (χ4v) is 4.01. The van der Waals surface area contributed by atoms with Crippen LogP contribution in [0.1, 0.15) is 37.8 Å². The molecule has 1 aromatic rings. The van der Waals surface area contributed by atoms with Crippen molar-refractivity contribution in [1.29, 1.82) is 5.26 Å². The van der Waals surface area contributed by atoms with Crippen LogP contribution in [-0.4, -0.2) is 39.7 Å². The van der Waals surface area contributed by atoms with E-state index in [2.05, 4.69) is 11.1 Å². The van der Waals surface area contributed by atoms with Gasteiger partial charge in [-0.2, -0.15) is 10.2 Å². The minimum Gasteiger partial charge on any atom is -0.420 e. The van der Waals surface area contributed by atoms with Gasteiger partial charge in [-0.15, -0.1) is 0 Å². The average molecular weight is 348 g/mol. The maximum atomic E-state index is 12.2. The van der Waals surface area contributed by atoms with Crippen molar-refractivity contribution in [2.45, 2.75) is 26.2 Å². The Labute approximate surface area is 144 Å². The van der Waals surface area contributed by atoms with Gasteiger partial charge in [0.05, 0.1) is 4.91 Å². The van der Waals surface area contributed by atoms with Crippen molar-refractivity contribution in [1.82, 2.24) is 9.88 Å². The van der Waals surface area contributed by atoms with E-state index in [0.717, 1.165) is 25.9 Å². The first-order chi connectivity index (χ1) is 11.1. The van der Waals surface area contributed by atoms with Crippen molar-refractivity contribution in [2.75, 3.05) is 24.5 Å². The Balaban J connectivity index is 1.88. The summed E-state index contributed by atoms with van der Waals surface area (Å²) in [6, 6.07) is 2.07. The number of oxazole rings is 1. The molecule has 2 fully saturated rings. The number of anilines is 1. The number of piperidine rings is 1. The molecular weight excluding hydrogens is 332 g/mol. The van der Waals surface area contributed by atoms with Crippen LogP contribution >= 0.6 is 24.0 Å². The maximum absolute atomic E-state index is 12.2. The van der Waals surface area contributed by atoms with Gasteiger partial charge >= 0.3 is 0 Å². The van der Waals surface area contributed by atoms with Crippen LogP contribution in [0.15, 0.2) is 9.32 Å². The molecule has 2 aliphatic heterocycles. The van der Waals surface area contributed by atoms with Crippen molar-refractivity contribution < 1.29 is 9.21 Å². The van der Waals surface area contributed by atoms with Crippen LogP contribution in [0.4, 0.5) is 5.88 Å². The lowest BCUT2D eigenvalue weighted by Gasteiger charge is -2.25. The molecule has 2 aliphatic rings. The second kappa shape index (κ2) is 6.72. The highest BCUT2D eigenvalue weighted by molar-refractivity contribution is 8.26. The van der Waals surface area contributed by atoms with Crippen molar-refractivity contribution in [2.24, 2.45) is 0 Å². The molecule has 23 heavy (non-hydrogen) atoms. The molecule has 0 aromatic carbocycles. The van der Waals surface area contributed by atoms with Crippen molar-refractivity contribution in [3.8, 4) is 6.07 Å². The predicted octanol–water partition coefficient (Wildman–Crippen LogP) is 2.76. The number of rotatable bonds is 3. The lowest BCUT2D eigenvalue weighted by Crippen LogP contribution is -2.29. The molecule has 0 unspecified atom stereocenters. The second-order valence-electron chi connectivity index (χ2n) is 5.29. The van der Waals surface area contributed by atoms with Gasteiger partial charge in [0.2, 0.25) is 17.5 Å². The van der Waals surface area contributed by atoms with E-state index in [9.17, 15) is 10.1 Å². The van der Waals surface area contributed by atoms with Gasteiger partial charge in [-0.25, -0.2) is 0 Å². The Hall–Kier alpha value is -1.85. The van der Waals surface area contributed by atoms with Crippen LogP contribution in [0, 0.1) is 11.3 Å². The largest absolute Gasteiger partial charge is 0.420 e. The molecule has 0 radical (unpaired) electrons. The van der Waals surface area contributed by atoms with E-state index in [0.29, 0.717) is 21.7 Å². The third kappa shape index (κ3) is 3.12. The summed E-state index contributed by atoms with van der Waals surface area (Å²) in [5.41, 5.74) is 0.268. The van der Waals surface area contributed by atoms with E-state index >= 15 is 0 Å². The van der Waals surface area contributed by atoms with Crippen molar-refractivity contribution in [3.05, 3.63) is 16.5 Å². The van der Waals surface area contributed by atoms with E-state index in [4.69, 9.17) is 16.6 Å². The molecule has 2 saturated heterocycles. The molecule has 0 saturated carbocycles. The van der Waals surface area contributed by atoms with E-state index in [-0.39, 0.29) is 17.5 Å². The number of nitriles is 1. The first kappa shape index (κ1) is 16.0. The zero-order valence-electron chi connectivity index (χ0n) is 12.7. The van der Waals surface area contributed by atoms with E-state index in [1.165, 1.54) is 23.1 Å². The van der Waals surface area contributed by atoms with Gasteiger partial charge in [0.25, 0.3) is 5.91 Å². The highest BCUT2D eigenvalue weighted by Crippen LogP contribution is 2.33. The summed E-state index contributed by atoms with van der Waals surface area (Å²) in [6.45, 7) is 4.14. The van der Waals surface area contributed by atoms with Gasteiger partial charge in [-0.1, -0.05) is 24.0 Å². The lowest BCUT2D eigenvalue weighted by molar-refractivity contribution is -0.121. The summed E-state index contributed by atoms with van der Waals surface area (Å²) >= 11 is 6.41. The lowest BCUT2D eigenvalue weighted by atomic mass is 10.1. The number of amides is 1. The zero-order chi connectivity index (χ0) is 16.4. The van der Waals surface area contributed by atoms with Crippen LogP contribution in [0.3, 0.4) is 0 Å². The number of thiocarbonyl (C=S) groups is 1. The first-order valence-electron chi connectivity index (χ1n) is 7.55. The number of nitrogens with zero attached hydrogens (tertiary/aromatic N) is 4. The quantitative estimate of drug-likeness (QED) is 0.614. The van der Waals surface area contributed by atoms with Gasteiger partial charge in [-0.05, 0) is 26.2 Å².